The molecule has 0 aromatic carbocycles. The van der Waals surface area contributed by atoms with Crippen LogP contribution in [-0.4, -0.2) is 85.5 Å². The molecule has 0 N–H and O–H groups in total. The molecule has 1 fully saturated rings. The van der Waals surface area contributed by atoms with Crippen molar-refractivity contribution in [2.24, 2.45) is 0 Å². The Labute approximate surface area is 130 Å². The van der Waals surface area contributed by atoms with E-state index in [0.717, 1.165) is 18.7 Å². The summed E-state index contributed by atoms with van der Waals surface area (Å²) in [6.07, 6.45) is 1.88. The first kappa shape index (κ1) is 14.3. The number of aromatic nitrogens is 3. The van der Waals surface area contributed by atoms with Gasteiger partial charge in [0.1, 0.15) is 0 Å². The van der Waals surface area contributed by atoms with Crippen LogP contribution in [-0.2, 0) is 6.54 Å². The summed E-state index contributed by atoms with van der Waals surface area (Å²) in [6, 6.07) is 4.19. The average Bonchev–Trinajstić information content (AvgIpc) is 2.85. The molecule has 20 heavy (non-hydrogen) atoms. The number of hydrogen-bond donors (Lipinski definition) is 0. The van der Waals surface area contributed by atoms with Crippen LogP contribution >= 0.6 is 0 Å². The van der Waals surface area contributed by atoms with Gasteiger partial charge in [0.25, 0.3) is 0 Å². The fourth-order valence-corrected chi connectivity index (χ4v) is 4.61. The standard InChI is InChI=1S/C13H18N5.CH3.Sn/c1-16-5-7-17(8-6-16)9-10-18-13-12(11-15-18)3-2-4-14-13;;/h2-4H,5-10H2,1H3;1H3;. The molecule has 3 heterocycles. The van der Waals surface area contributed by atoms with Gasteiger partial charge in [0, 0.05) is 0 Å². The van der Waals surface area contributed by atoms with Gasteiger partial charge < -0.3 is 0 Å². The van der Waals surface area contributed by atoms with Crippen LogP contribution in [0.5, 0.6) is 0 Å². The van der Waals surface area contributed by atoms with Crippen LogP contribution < -0.4 is 3.71 Å². The first-order chi connectivity index (χ1) is 9.78. The minimum atomic E-state index is -0.520. The SMILES string of the molecule is [CH3][Sn][c]1nn(CCN2CCN(C)CC2)c2ncccc12. The van der Waals surface area contributed by atoms with Gasteiger partial charge in [-0.2, -0.15) is 0 Å². The minimum absolute atomic E-state index is 0.520. The van der Waals surface area contributed by atoms with Crippen LogP contribution in [0.25, 0.3) is 11.0 Å². The summed E-state index contributed by atoms with van der Waals surface area (Å²) in [6.45, 7) is 6.71. The molecule has 6 heteroatoms. The zero-order valence-electron chi connectivity index (χ0n) is 12.2. The molecule has 106 valence electrons. The third kappa shape index (κ3) is 2.99. The fraction of sp³-hybridized carbons (Fsp3) is 0.571. The van der Waals surface area contributed by atoms with E-state index in [9.17, 15) is 0 Å². The Balaban J connectivity index is 1.71. The van der Waals surface area contributed by atoms with E-state index in [4.69, 9.17) is 5.10 Å². The van der Waals surface area contributed by atoms with E-state index >= 15 is 0 Å². The second-order valence-corrected chi connectivity index (χ2v) is 8.12. The Kier molecular flexibility index (Phi) is 4.57. The molecule has 3 rings (SSSR count). The number of pyridine rings is 1. The molecule has 5 nitrogen and oxygen atoms in total. The van der Waals surface area contributed by atoms with Crippen LogP contribution in [0.15, 0.2) is 18.3 Å². The first-order valence-corrected chi connectivity index (χ1v) is 11.5. The van der Waals surface area contributed by atoms with Crippen molar-refractivity contribution < 1.29 is 0 Å². The van der Waals surface area contributed by atoms with E-state index in [1.54, 1.807) is 0 Å². The van der Waals surface area contributed by atoms with E-state index < -0.39 is 21.1 Å². The van der Waals surface area contributed by atoms with Crippen LogP contribution in [0.2, 0.25) is 4.94 Å². The van der Waals surface area contributed by atoms with Crippen molar-refractivity contribution in [1.29, 1.82) is 0 Å². The van der Waals surface area contributed by atoms with Gasteiger partial charge in [0.2, 0.25) is 0 Å². The molecular formula is C14H21N5Sn. The maximum atomic E-state index is 4.80. The zero-order chi connectivity index (χ0) is 13.9. The number of likely N-dealkylation sites (N-methyl/N-ethyl adjacent to an activating group) is 1. The predicted molar refractivity (Wildman–Crippen MR) is 82.7 cm³/mol. The second-order valence-electron chi connectivity index (χ2n) is 5.34. The zero-order valence-corrected chi connectivity index (χ0v) is 15.1. The topological polar surface area (TPSA) is 37.2 Å². The summed E-state index contributed by atoms with van der Waals surface area (Å²) in [5.74, 6) is 0. The maximum absolute atomic E-state index is 4.80. The molecule has 2 radical (unpaired) electrons. The van der Waals surface area contributed by atoms with Gasteiger partial charge in [-0.3, -0.25) is 0 Å². The molecule has 0 atom stereocenters. The number of nitrogens with zero attached hydrogens (tertiary/aromatic N) is 5. The second kappa shape index (κ2) is 6.41. The number of hydrogen-bond acceptors (Lipinski definition) is 4. The molecule has 1 aliphatic rings. The van der Waals surface area contributed by atoms with E-state index in [2.05, 4.69) is 37.5 Å². The molecule has 1 aliphatic heterocycles. The third-order valence-electron chi connectivity index (χ3n) is 3.97. The van der Waals surface area contributed by atoms with Crippen LogP contribution in [0.1, 0.15) is 0 Å². The van der Waals surface area contributed by atoms with Crippen molar-refractivity contribution in [2.45, 2.75) is 11.5 Å². The molecule has 2 aromatic heterocycles. The Morgan fingerprint density at radius 1 is 1.20 bits per heavy atom. The van der Waals surface area contributed by atoms with Crippen molar-refractivity contribution in [3.05, 3.63) is 18.3 Å². The van der Waals surface area contributed by atoms with Gasteiger partial charge in [-0.25, -0.2) is 0 Å². The van der Waals surface area contributed by atoms with Crippen molar-refractivity contribution in [3.63, 3.8) is 0 Å². The van der Waals surface area contributed by atoms with Gasteiger partial charge in [-0.1, -0.05) is 0 Å². The predicted octanol–water partition coefficient (Wildman–Crippen LogP) is 0.0563. The Bertz CT molecular complexity index is 574. The quantitative estimate of drug-likeness (QED) is 0.706. The molecule has 0 unspecified atom stereocenters. The number of fused-ring (bicyclic) bond motifs is 1. The van der Waals surface area contributed by atoms with E-state index in [1.807, 2.05) is 12.3 Å². The van der Waals surface area contributed by atoms with E-state index in [1.165, 1.54) is 35.3 Å². The molecular weight excluding hydrogens is 357 g/mol. The summed E-state index contributed by atoms with van der Waals surface area (Å²) in [4.78, 5) is 11.8. The monoisotopic (exact) mass is 379 g/mol. The van der Waals surface area contributed by atoms with Crippen LogP contribution in [0.3, 0.4) is 0 Å². The molecule has 0 spiro atoms. The van der Waals surface area contributed by atoms with Gasteiger partial charge in [0.05, 0.1) is 0 Å². The summed E-state index contributed by atoms with van der Waals surface area (Å²) in [7, 11) is 2.20. The van der Waals surface area contributed by atoms with Crippen molar-refractivity contribution in [2.75, 3.05) is 39.8 Å². The van der Waals surface area contributed by atoms with E-state index in [0.29, 0.717) is 0 Å². The molecule has 0 bridgehead atoms. The van der Waals surface area contributed by atoms with Gasteiger partial charge in [0.15, 0.2) is 0 Å². The summed E-state index contributed by atoms with van der Waals surface area (Å²) < 4.78 is 3.45. The Hall–Kier alpha value is -0.661. The Morgan fingerprint density at radius 3 is 2.75 bits per heavy atom. The molecule has 0 aliphatic carbocycles. The fourth-order valence-electron chi connectivity index (χ4n) is 2.66. The van der Waals surface area contributed by atoms with Crippen LogP contribution in [0.4, 0.5) is 0 Å². The van der Waals surface area contributed by atoms with Crippen LogP contribution in [0, 0.1) is 0 Å². The normalized spacial score (nSPS) is 17.9. The molecule has 0 amide bonds. The summed E-state index contributed by atoms with van der Waals surface area (Å²) >= 11 is -0.520. The number of rotatable bonds is 4. The van der Waals surface area contributed by atoms with Crippen molar-refractivity contribution >= 4 is 35.9 Å². The third-order valence-corrected chi connectivity index (χ3v) is 6.37. The molecule has 0 saturated carbocycles. The average molecular weight is 378 g/mol. The number of piperazine rings is 1. The van der Waals surface area contributed by atoms with Crippen molar-refractivity contribution in [1.82, 2.24) is 24.6 Å². The summed E-state index contributed by atoms with van der Waals surface area (Å²) in [5.41, 5.74) is 1.07. The van der Waals surface area contributed by atoms with Crippen molar-refractivity contribution in [3.8, 4) is 0 Å². The van der Waals surface area contributed by atoms with Gasteiger partial charge in [-0.05, 0) is 0 Å². The Morgan fingerprint density at radius 2 is 2.00 bits per heavy atom. The first-order valence-electron chi connectivity index (χ1n) is 7.18. The van der Waals surface area contributed by atoms with E-state index in [-0.39, 0.29) is 0 Å². The van der Waals surface area contributed by atoms with Gasteiger partial charge in [-0.15, -0.1) is 0 Å². The van der Waals surface area contributed by atoms with Gasteiger partial charge >= 0.3 is 130 Å². The molecule has 2 aromatic rings. The summed E-state index contributed by atoms with van der Waals surface area (Å²) in [5, 5.41) is 6.08. The molecule has 1 saturated heterocycles.